The highest BCUT2D eigenvalue weighted by molar-refractivity contribution is 5.27. The molecule has 108 valence electrons. The van der Waals surface area contributed by atoms with Crippen LogP contribution < -0.4 is 10.1 Å². The van der Waals surface area contributed by atoms with E-state index in [1.807, 2.05) is 0 Å². The molecule has 4 nitrogen and oxygen atoms in total. The zero-order chi connectivity index (χ0) is 13.8. The normalized spacial score (nSPS) is 10.4. The summed E-state index contributed by atoms with van der Waals surface area (Å²) in [6.07, 6.45) is 10.5. The van der Waals surface area contributed by atoms with Crippen LogP contribution in [0.1, 0.15) is 58.8 Å². The first-order valence-corrected chi connectivity index (χ1v) is 7.56. The van der Waals surface area contributed by atoms with E-state index in [-0.39, 0.29) is 0 Å². The van der Waals surface area contributed by atoms with Crippen LogP contribution in [-0.4, -0.2) is 23.1 Å². The number of aromatic nitrogens is 2. The van der Waals surface area contributed by atoms with Gasteiger partial charge in [-0.05, 0) is 12.8 Å². The zero-order valence-electron chi connectivity index (χ0n) is 12.3. The van der Waals surface area contributed by atoms with Gasteiger partial charge in [-0.2, -0.15) is 4.98 Å². The van der Waals surface area contributed by atoms with Crippen molar-refractivity contribution in [3.05, 3.63) is 12.3 Å². The van der Waals surface area contributed by atoms with Crippen molar-refractivity contribution >= 4 is 5.95 Å². The summed E-state index contributed by atoms with van der Waals surface area (Å²) in [4.78, 5) is 8.51. The van der Waals surface area contributed by atoms with E-state index in [0.717, 1.165) is 13.0 Å². The molecule has 19 heavy (non-hydrogen) atoms. The van der Waals surface area contributed by atoms with Crippen LogP contribution in [0.3, 0.4) is 0 Å². The van der Waals surface area contributed by atoms with Gasteiger partial charge in [0.15, 0.2) is 0 Å². The molecule has 1 aromatic heterocycles. The van der Waals surface area contributed by atoms with Crippen molar-refractivity contribution in [1.29, 1.82) is 0 Å². The third-order valence-corrected chi connectivity index (χ3v) is 2.90. The Balaban J connectivity index is 2.14. The average molecular weight is 265 g/mol. The molecule has 0 aliphatic heterocycles. The van der Waals surface area contributed by atoms with Gasteiger partial charge in [0.05, 0.1) is 6.61 Å². The van der Waals surface area contributed by atoms with Crippen molar-refractivity contribution < 1.29 is 4.74 Å². The second-order valence-electron chi connectivity index (χ2n) is 4.76. The number of hydrogen-bond acceptors (Lipinski definition) is 4. The summed E-state index contributed by atoms with van der Waals surface area (Å²) in [7, 11) is 0. The van der Waals surface area contributed by atoms with E-state index in [0.29, 0.717) is 18.4 Å². The monoisotopic (exact) mass is 265 g/mol. The third-order valence-electron chi connectivity index (χ3n) is 2.90. The minimum Gasteiger partial charge on any atom is -0.478 e. The highest BCUT2D eigenvalue weighted by Crippen LogP contribution is 2.09. The number of ether oxygens (including phenoxy) is 1. The van der Waals surface area contributed by atoms with Crippen molar-refractivity contribution in [2.45, 2.75) is 58.8 Å². The van der Waals surface area contributed by atoms with Crippen LogP contribution in [0.4, 0.5) is 5.95 Å². The molecule has 1 rings (SSSR count). The molecular weight excluding hydrogens is 238 g/mol. The molecule has 0 radical (unpaired) electrons. The lowest BCUT2D eigenvalue weighted by atomic mass is 10.1. The maximum atomic E-state index is 5.48. The van der Waals surface area contributed by atoms with Gasteiger partial charge in [-0.3, -0.25) is 0 Å². The number of nitrogens with one attached hydrogen (secondary N) is 1. The minimum absolute atomic E-state index is 0.655. The molecule has 0 unspecified atom stereocenters. The van der Waals surface area contributed by atoms with E-state index in [1.54, 1.807) is 12.3 Å². The summed E-state index contributed by atoms with van der Waals surface area (Å²) in [5.41, 5.74) is 0. The van der Waals surface area contributed by atoms with Gasteiger partial charge in [0, 0.05) is 18.8 Å². The van der Waals surface area contributed by atoms with Crippen LogP contribution in [0.2, 0.25) is 0 Å². The Morgan fingerprint density at radius 2 is 1.84 bits per heavy atom. The van der Waals surface area contributed by atoms with Crippen molar-refractivity contribution in [2.75, 3.05) is 18.5 Å². The van der Waals surface area contributed by atoms with E-state index < -0.39 is 0 Å². The maximum Gasteiger partial charge on any atom is 0.225 e. The van der Waals surface area contributed by atoms with Gasteiger partial charge in [0.1, 0.15) is 0 Å². The Morgan fingerprint density at radius 3 is 2.63 bits per heavy atom. The lowest BCUT2D eigenvalue weighted by molar-refractivity contribution is 0.305. The molecule has 0 aromatic carbocycles. The number of anilines is 1. The predicted molar refractivity (Wildman–Crippen MR) is 79.7 cm³/mol. The molecule has 1 N–H and O–H groups in total. The minimum atomic E-state index is 0.655. The fourth-order valence-electron chi connectivity index (χ4n) is 1.82. The highest BCUT2D eigenvalue weighted by atomic mass is 16.5. The molecule has 0 spiro atoms. The molecule has 0 aliphatic carbocycles. The summed E-state index contributed by atoms with van der Waals surface area (Å²) in [5, 5.41) is 3.25. The molecule has 1 heterocycles. The summed E-state index contributed by atoms with van der Waals surface area (Å²) < 4.78 is 5.48. The van der Waals surface area contributed by atoms with Crippen LogP contribution in [0.15, 0.2) is 12.3 Å². The molecule has 1 aromatic rings. The van der Waals surface area contributed by atoms with Gasteiger partial charge in [-0.15, -0.1) is 0 Å². The topological polar surface area (TPSA) is 47.0 Å². The van der Waals surface area contributed by atoms with E-state index >= 15 is 0 Å². The molecule has 0 saturated heterocycles. The standard InChI is InChI=1S/C15H27N3O/c1-3-5-6-7-8-9-11-16-15-17-12-10-14(18-15)19-13-4-2/h10,12H,3-9,11,13H2,1-2H3,(H,16,17,18). The summed E-state index contributed by atoms with van der Waals surface area (Å²) in [5.74, 6) is 1.32. The SMILES string of the molecule is CCCCCCCCNc1nccc(OCCC)n1. The van der Waals surface area contributed by atoms with Crippen LogP contribution >= 0.6 is 0 Å². The van der Waals surface area contributed by atoms with Gasteiger partial charge in [0.25, 0.3) is 0 Å². The Morgan fingerprint density at radius 1 is 1.05 bits per heavy atom. The van der Waals surface area contributed by atoms with E-state index in [2.05, 4.69) is 29.1 Å². The van der Waals surface area contributed by atoms with Crippen molar-refractivity contribution in [1.82, 2.24) is 9.97 Å². The van der Waals surface area contributed by atoms with Crippen LogP contribution in [0, 0.1) is 0 Å². The third kappa shape index (κ3) is 7.65. The fraction of sp³-hybridized carbons (Fsp3) is 0.733. The van der Waals surface area contributed by atoms with Gasteiger partial charge in [-0.1, -0.05) is 46.0 Å². The molecule has 0 atom stereocenters. The largest absolute Gasteiger partial charge is 0.478 e. The molecule has 4 heteroatoms. The van der Waals surface area contributed by atoms with Gasteiger partial charge in [-0.25, -0.2) is 4.98 Å². The first-order chi connectivity index (χ1) is 9.36. The second kappa shape index (κ2) is 10.6. The summed E-state index contributed by atoms with van der Waals surface area (Å²) in [6.45, 7) is 5.96. The molecule has 0 saturated carbocycles. The zero-order valence-corrected chi connectivity index (χ0v) is 12.3. The van der Waals surface area contributed by atoms with Crippen molar-refractivity contribution in [3.63, 3.8) is 0 Å². The Kier molecular flexibility index (Phi) is 8.77. The quantitative estimate of drug-likeness (QED) is 0.613. The van der Waals surface area contributed by atoms with Crippen molar-refractivity contribution in [3.8, 4) is 5.88 Å². The fourth-order valence-corrected chi connectivity index (χ4v) is 1.82. The summed E-state index contributed by atoms with van der Waals surface area (Å²) >= 11 is 0. The first-order valence-electron chi connectivity index (χ1n) is 7.56. The number of rotatable bonds is 11. The molecule has 0 aliphatic rings. The molecule has 0 bridgehead atoms. The Hall–Kier alpha value is -1.32. The van der Waals surface area contributed by atoms with Gasteiger partial charge in [0.2, 0.25) is 11.8 Å². The Bertz CT molecular complexity index is 331. The lowest BCUT2D eigenvalue weighted by Gasteiger charge is -2.07. The van der Waals surface area contributed by atoms with E-state index in [9.17, 15) is 0 Å². The smallest absolute Gasteiger partial charge is 0.225 e. The lowest BCUT2D eigenvalue weighted by Crippen LogP contribution is -2.06. The van der Waals surface area contributed by atoms with Gasteiger partial charge >= 0.3 is 0 Å². The predicted octanol–water partition coefficient (Wildman–Crippen LogP) is 4.04. The molecular formula is C15H27N3O. The number of hydrogen-bond donors (Lipinski definition) is 1. The average Bonchev–Trinajstić information content (AvgIpc) is 2.44. The molecule has 0 fully saturated rings. The van der Waals surface area contributed by atoms with Crippen LogP contribution in [0.25, 0.3) is 0 Å². The molecule has 0 amide bonds. The van der Waals surface area contributed by atoms with Gasteiger partial charge < -0.3 is 10.1 Å². The maximum absolute atomic E-state index is 5.48. The van der Waals surface area contributed by atoms with Crippen LogP contribution in [0.5, 0.6) is 5.88 Å². The second-order valence-corrected chi connectivity index (χ2v) is 4.76. The number of nitrogens with zero attached hydrogens (tertiary/aromatic N) is 2. The number of unbranched alkanes of at least 4 members (excludes halogenated alkanes) is 5. The Labute approximate surface area is 117 Å². The summed E-state index contributed by atoms with van der Waals surface area (Å²) in [6, 6.07) is 1.80. The van der Waals surface area contributed by atoms with Crippen LogP contribution in [-0.2, 0) is 0 Å². The first kappa shape index (κ1) is 15.7. The highest BCUT2D eigenvalue weighted by Gasteiger charge is 1.99. The van der Waals surface area contributed by atoms with E-state index in [4.69, 9.17) is 4.74 Å². The van der Waals surface area contributed by atoms with Crippen molar-refractivity contribution in [2.24, 2.45) is 0 Å². The van der Waals surface area contributed by atoms with E-state index in [1.165, 1.54) is 38.5 Å².